The van der Waals surface area contributed by atoms with Crippen molar-refractivity contribution in [1.29, 1.82) is 0 Å². The molecule has 0 aromatic rings. The highest BCUT2D eigenvalue weighted by Crippen LogP contribution is 2.43. The molecule has 1 rings (SSSR count). The van der Waals surface area contributed by atoms with E-state index in [0.29, 0.717) is 24.3 Å². The Balaban J connectivity index is 2.67. The Hall–Kier alpha value is -0.610. The van der Waals surface area contributed by atoms with Gasteiger partial charge >= 0.3 is 5.97 Å². The summed E-state index contributed by atoms with van der Waals surface area (Å²) < 4.78 is 5.88. The van der Waals surface area contributed by atoms with Gasteiger partial charge in [0.1, 0.15) is 0 Å². The van der Waals surface area contributed by atoms with Crippen molar-refractivity contribution in [2.75, 3.05) is 6.54 Å². The molecule has 1 fully saturated rings. The van der Waals surface area contributed by atoms with E-state index in [4.69, 9.17) is 15.6 Å². The van der Waals surface area contributed by atoms with Crippen LogP contribution in [0.2, 0.25) is 0 Å². The normalized spacial score (nSPS) is 30.1. The molecule has 1 atom stereocenters. The lowest BCUT2D eigenvalue weighted by Gasteiger charge is -2.44. The summed E-state index contributed by atoms with van der Waals surface area (Å²) in [6.07, 6.45) is 3.63. The third kappa shape index (κ3) is 4.18. The number of hydrogen-bond acceptors (Lipinski definition) is 3. The maximum atomic E-state index is 11.1. The Morgan fingerprint density at radius 3 is 2.26 bits per heavy atom. The van der Waals surface area contributed by atoms with Gasteiger partial charge in [-0.05, 0) is 43.4 Å². The zero-order valence-electron chi connectivity index (χ0n) is 12.7. The molecule has 0 radical (unpaired) electrons. The van der Waals surface area contributed by atoms with Crippen LogP contribution in [0.5, 0.6) is 0 Å². The highest BCUT2D eigenvalue weighted by molar-refractivity contribution is 5.72. The fourth-order valence-electron chi connectivity index (χ4n) is 2.99. The van der Waals surface area contributed by atoms with Crippen LogP contribution in [0.15, 0.2) is 0 Å². The topological polar surface area (TPSA) is 72.5 Å². The van der Waals surface area contributed by atoms with Gasteiger partial charge in [-0.25, -0.2) is 4.79 Å². The lowest BCUT2D eigenvalue weighted by atomic mass is 9.68. The average molecular weight is 271 g/mol. The van der Waals surface area contributed by atoms with Gasteiger partial charge in [-0.2, -0.15) is 0 Å². The number of carbonyl (C=O) groups is 1. The third-order valence-electron chi connectivity index (χ3n) is 4.53. The molecule has 4 nitrogen and oxygen atoms in total. The van der Waals surface area contributed by atoms with E-state index in [9.17, 15) is 4.79 Å². The van der Waals surface area contributed by atoms with Gasteiger partial charge in [0.2, 0.25) is 0 Å². The van der Waals surface area contributed by atoms with Crippen LogP contribution in [0.3, 0.4) is 0 Å². The summed E-state index contributed by atoms with van der Waals surface area (Å²) in [5, 5.41) is 9.13. The zero-order valence-corrected chi connectivity index (χ0v) is 12.7. The molecule has 0 bridgehead atoms. The fourth-order valence-corrected chi connectivity index (χ4v) is 2.99. The lowest BCUT2D eigenvalue weighted by Crippen LogP contribution is -2.49. The smallest absolute Gasteiger partial charge is 0.332 e. The summed E-state index contributed by atoms with van der Waals surface area (Å²) in [5.41, 5.74) is 5.75. The molecule has 0 aromatic carbocycles. The lowest BCUT2D eigenvalue weighted by molar-refractivity contribution is -0.170. The van der Waals surface area contributed by atoms with Crippen molar-refractivity contribution >= 4 is 5.97 Å². The zero-order chi connectivity index (χ0) is 14.7. The molecule has 1 unspecified atom stereocenters. The molecular formula is C15H29NO3. The summed E-state index contributed by atoms with van der Waals surface area (Å²) in [5.74, 6) is -0.214. The van der Waals surface area contributed by atoms with Crippen LogP contribution in [0, 0.1) is 11.3 Å². The van der Waals surface area contributed by atoms with E-state index in [-0.39, 0.29) is 0 Å². The van der Waals surface area contributed by atoms with Crippen molar-refractivity contribution in [2.45, 2.75) is 71.5 Å². The standard InChI is InChI=1S/C15H29NO3/c1-5-12(13(17)18)19-15(10-16)8-6-11(7-9-15)14(2,3)4/h11-12H,5-10,16H2,1-4H3,(H,17,18). The second-order valence-corrected chi connectivity index (χ2v) is 6.88. The molecule has 0 saturated heterocycles. The molecule has 0 amide bonds. The van der Waals surface area contributed by atoms with Gasteiger partial charge in [-0.1, -0.05) is 27.7 Å². The van der Waals surface area contributed by atoms with E-state index in [1.54, 1.807) is 0 Å². The Morgan fingerprint density at radius 1 is 1.42 bits per heavy atom. The van der Waals surface area contributed by atoms with Gasteiger partial charge in [0.15, 0.2) is 6.10 Å². The Labute approximate surface area is 116 Å². The molecule has 19 heavy (non-hydrogen) atoms. The fraction of sp³-hybridized carbons (Fsp3) is 0.933. The number of ether oxygens (including phenoxy) is 1. The minimum absolute atomic E-state index is 0.303. The van der Waals surface area contributed by atoms with E-state index in [1.165, 1.54) is 0 Å². The van der Waals surface area contributed by atoms with Crippen LogP contribution in [0.1, 0.15) is 59.8 Å². The van der Waals surface area contributed by atoms with Crippen molar-refractivity contribution in [2.24, 2.45) is 17.1 Å². The minimum atomic E-state index is -0.881. The largest absolute Gasteiger partial charge is 0.479 e. The van der Waals surface area contributed by atoms with Crippen molar-refractivity contribution in [3.8, 4) is 0 Å². The predicted octanol–water partition coefficient (Wildman–Crippen LogP) is 2.80. The van der Waals surface area contributed by atoms with Gasteiger partial charge in [0.05, 0.1) is 5.60 Å². The first-order chi connectivity index (χ1) is 8.74. The van der Waals surface area contributed by atoms with Crippen LogP contribution >= 0.6 is 0 Å². The number of carboxylic acids is 1. The molecule has 0 aliphatic heterocycles. The summed E-state index contributed by atoms with van der Waals surface area (Å²) in [4.78, 5) is 11.1. The van der Waals surface area contributed by atoms with Crippen LogP contribution in [-0.4, -0.2) is 29.3 Å². The highest BCUT2D eigenvalue weighted by Gasteiger charge is 2.40. The number of nitrogens with two attached hydrogens (primary N) is 1. The minimum Gasteiger partial charge on any atom is -0.479 e. The first kappa shape index (κ1) is 16.4. The molecule has 1 aliphatic carbocycles. The van der Waals surface area contributed by atoms with Gasteiger partial charge < -0.3 is 15.6 Å². The van der Waals surface area contributed by atoms with Crippen LogP contribution in [0.25, 0.3) is 0 Å². The van der Waals surface area contributed by atoms with Gasteiger partial charge in [0.25, 0.3) is 0 Å². The molecule has 0 spiro atoms. The molecule has 0 heterocycles. The summed E-state index contributed by atoms with van der Waals surface area (Å²) in [7, 11) is 0. The van der Waals surface area contributed by atoms with Crippen molar-refractivity contribution in [1.82, 2.24) is 0 Å². The summed E-state index contributed by atoms with van der Waals surface area (Å²) in [6, 6.07) is 0. The molecular weight excluding hydrogens is 242 g/mol. The Bertz CT molecular complexity index is 301. The third-order valence-corrected chi connectivity index (χ3v) is 4.53. The highest BCUT2D eigenvalue weighted by atomic mass is 16.5. The van der Waals surface area contributed by atoms with Crippen LogP contribution in [0.4, 0.5) is 0 Å². The quantitative estimate of drug-likeness (QED) is 0.806. The van der Waals surface area contributed by atoms with Crippen molar-refractivity contribution in [3.05, 3.63) is 0 Å². The van der Waals surface area contributed by atoms with E-state index >= 15 is 0 Å². The first-order valence-corrected chi connectivity index (χ1v) is 7.35. The van der Waals surface area contributed by atoms with Gasteiger partial charge in [-0.3, -0.25) is 0 Å². The van der Waals surface area contributed by atoms with Gasteiger partial charge in [-0.15, -0.1) is 0 Å². The molecule has 0 aromatic heterocycles. The maximum Gasteiger partial charge on any atom is 0.332 e. The van der Waals surface area contributed by atoms with Gasteiger partial charge in [0, 0.05) is 6.54 Å². The van der Waals surface area contributed by atoms with Crippen molar-refractivity contribution < 1.29 is 14.6 Å². The van der Waals surface area contributed by atoms with E-state index in [0.717, 1.165) is 25.7 Å². The number of hydrogen-bond donors (Lipinski definition) is 2. The van der Waals surface area contributed by atoms with E-state index in [1.807, 2.05) is 6.92 Å². The van der Waals surface area contributed by atoms with E-state index in [2.05, 4.69) is 20.8 Å². The average Bonchev–Trinajstić information content (AvgIpc) is 2.35. The van der Waals surface area contributed by atoms with E-state index < -0.39 is 17.7 Å². The first-order valence-electron chi connectivity index (χ1n) is 7.35. The number of rotatable bonds is 5. The monoisotopic (exact) mass is 271 g/mol. The number of carboxylic acid groups (broad SMARTS) is 1. The Kier molecular flexibility index (Phi) is 5.39. The maximum absolute atomic E-state index is 11.1. The second kappa shape index (κ2) is 6.23. The van der Waals surface area contributed by atoms with Crippen LogP contribution < -0.4 is 5.73 Å². The van der Waals surface area contributed by atoms with Crippen LogP contribution in [-0.2, 0) is 9.53 Å². The van der Waals surface area contributed by atoms with Crippen molar-refractivity contribution in [3.63, 3.8) is 0 Å². The summed E-state index contributed by atoms with van der Waals surface area (Å²) >= 11 is 0. The predicted molar refractivity (Wildman–Crippen MR) is 76.0 cm³/mol. The molecule has 1 saturated carbocycles. The second-order valence-electron chi connectivity index (χ2n) is 6.88. The molecule has 1 aliphatic rings. The molecule has 3 N–H and O–H groups in total. The molecule has 4 heteroatoms. The Morgan fingerprint density at radius 2 is 1.95 bits per heavy atom. The number of aliphatic carboxylic acids is 1. The summed E-state index contributed by atoms with van der Waals surface area (Å²) in [6.45, 7) is 9.04. The SMILES string of the molecule is CCC(OC1(CN)CCC(C(C)(C)C)CC1)C(=O)O. The molecule has 112 valence electrons.